The summed E-state index contributed by atoms with van der Waals surface area (Å²) >= 11 is 1.28. The van der Waals surface area contributed by atoms with E-state index in [1.54, 1.807) is 48.4 Å². The zero-order valence-electron chi connectivity index (χ0n) is 19.8. The number of nitrogens with zero attached hydrogens (tertiary/aromatic N) is 2. The summed E-state index contributed by atoms with van der Waals surface area (Å²) in [6.45, 7) is 0.351. The van der Waals surface area contributed by atoms with Crippen LogP contribution in [0.15, 0.2) is 105 Å². The van der Waals surface area contributed by atoms with Gasteiger partial charge in [0.05, 0.1) is 29.8 Å². The highest BCUT2D eigenvalue weighted by molar-refractivity contribution is 8.18. The number of carbonyl (C=O) groups is 2. The van der Waals surface area contributed by atoms with Gasteiger partial charge in [0, 0.05) is 11.6 Å². The SMILES string of the molecule is COc1ccc(CN2C(=O)/C(=C\c3ccc(-c4cccc(C(=O)O)c4)o3)SC2=Nc2ccccc2)cc1. The first-order valence-electron chi connectivity index (χ1n) is 11.4. The van der Waals surface area contributed by atoms with Crippen LogP contribution >= 0.6 is 11.8 Å². The van der Waals surface area contributed by atoms with Crippen molar-refractivity contribution in [2.75, 3.05) is 7.11 Å². The molecule has 1 aliphatic rings. The smallest absolute Gasteiger partial charge is 0.335 e. The maximum absolute atomic E-state index is 13.5. The Morgan fingerprint density at radius 2 is 1.81 bits per heavy atom. The fourth-order valence-electron chi connectivity index (χ4n) is 3.78. The second-order valence-corrected chi connectivity index (χ2v) is 9.18. The number of furan rings is 1. The molecule has 1 saturated heterocycles. The number of ether oxygens (including phenoxy) is 1. The van der Waals surface area contributed by atoms with Crippen LogP contribution in [-0.2, 0) is 11.3 Å². The molecule has 2 heterocycles. The minimum atomic E-state index is -1.01. The number of carboxylic acid groups (broad SMARTS) is 1. The van der Waals surface area contributed by atoms with Gasteiger partial charge in [0.25, 0.3) is 5.91 Å². The highest BCUT2D eigenvalue weighted by Gasteiger charge is 2.34. The highest BCUT2D eigenvalue weighted by Crippen LogP contribution is 2.36. The third-order valence-electron chi connectivity index (χ3n) is 5.66. The number of carbonyl (C=O) groups excluding carboxylic acids is 1. The summed E-state index contributed by atoms with van der Waals surface area (Å²) in [5.74, 6) is 0.551. The predicted molar refractivity (Wildman–Crippen MR) is 144 cm³/mol. The van der Waals surface area contributed by atoms with Crippen molar-refractivity contribution in [3.05, 3.63) is 113 Å². The molecule has 0 aliphatic carbocycles. The Balaban J connectivity index is 1.44. The van der Waals surface area contributed by atoms with Crippen molar-refractivity contribution in [2.24, 2.45) is 4.99 Å². The standard InChI is InChI=1S/C29H22N2O5S/c1-35-23-12-10-19(11-13-23)18-31-27(32)26(37-29(31)30-22-8-3-2-4-9-22)17-24-14-15-25(36-24)20-6-5-7-21(16-20)28(33)34/h2-17H,18H2,1H3,(H,33,34)/b26-17+,30-29?. The summed E-state index contributed by atoms with van der Waals surface area (Å²) in [7, 11) is 1.61. The van der Waals surface area contributed by atoms with E-state index >= 15 is 0 Å². The predicted octanol–water partition coefficient (Wildman–Crippen LogP) is 6.46. The second-order valence-electron chi connectivity index (χ2n) is 8.17. The summed E-state index contributed by atoms with van der Waals surface area (Å²) in [6, 6.07) is 27.1. The molecule has 1 aromatic heterocycles. The number of para-hydroxylation sites is 1. The molecule has 7 nitrogen and oxygen atoms in total. The van der Waals surface area contributed by atoms with Crippen molar-refractivity contribution in [1.82, 2.24) is 4.90 Å². The molecule has 184 valence electrons. The number of hydrogen-bond donors (Lipinski definition) is 1. The van der Waals surface area contributed by atoms with E-state index in [9.17, 15) is 14.7 Å². The lowest BCUT2D eigenvalue weighted by Crippen LogP contribution is -2.28. The number of carboxylic acids is 1. The molecule has 0 radical (unpaired) electrons. The van der Waals surface area contributed by atoms with Crippen LogP contribution in [0.25, 0.3) is 17.4 Å². The number of aromatic carboxylic acids is 1. The fraction of sp³-hybridized carbons (Fsp3) is 0.0690. The van der Waals surface area contributed by atoms with Crippen molar-refractivity contribution in [1.29, 1.82) is 0 Å². The van der Waals surface area contributed by atoms with E-state index in [0.29, 0.717) is 33.7 Å². The number of rotatable bonds is 7. The van der Waals surface area contributed by atoms with Gasteiger partial charge < -0.3 is 14.3 Å². The number of benzene rings is 3. The van der Waals surface area contributed by atoms with Crippen molar-refractivity contribution in [3.63, 3.8) is 0 Å². The Morgan fingerprint density at radius 1 is 1.03 bits per heavy atom. The van der Waals surface area contributed by atoms with Crippen LogP contribution in [0.2, 0.25) is 0 Å². The van der Waals surface area contributed by atoms with Crippen LogP contribution in [-0.4, -0.2) is 34.2 Å². The number of amidine groups is 1. The minimum absolute atomic E-state index is 0.172. The number of hydrogen-bond acceptors (Lipinski definition) is 6. The highest BCUT2D eigenvalue weighted by atomic mass is 32.2. The van der Waals surface area contributed by atoms with Gasteiger partial charge in [-0.05, 0) is 65.9 Å². The van der Waals surface area contributed by atoms with Gasteiger partial charge in [-0.3, -0.25) is 9.69 Å². The Bertz CT molecular complexity index is 1510. The van der Waals surface area contributed by atoms with E-state index in [1.807, 2.05) is 54.6 Å². The quantitative estimate of drug-likeness (QED) is 0.287. The van der Waals surface area contributed by atoms with Crippen LogP contribution in [0, 0.1) is 0 Å². The van der Waals surface area contributed by atoms with E-state index in [-0.39, 0.29) is 11.5 Å². The molecule has 3 aromatic carbocycles. The first-order valence-corrected chi connectivity index (χ1v) is 12.2. The van der Waals surface area contributed by atoms with Crippen LogP contribution in [0.1, 0.15) is 21.7 Å². The Morgan fingerprint density at radius 3 is 2.54 bits per heavy atom. The van der Waals surface area contributed by atoms with Crippen molar-refractivity contribution in [2.45, 2.75) is 6.54 Å². The first-order chi connectivity index (χ1) is 18.0. The summed E-state index contributed by atoms with van der Waals surface area (Å²) in [5, 5.41) is 9.83. The van der Waals surface area contributed by atoms with E-state index in [0.717, 1.165) is 17.0 Å². The molecule has 0 saturated carbocycles. The zero-order chi connectivity index (χ0) is 25.8. The van der Waals surface area contributed by atoms with E-state index in [1.165, 1.54) is 17.8 Å². The van der Waals surface area contributed by atoms with Gasteiger partial charge >= 0.3 is 5.97 Å². The minimum Gasteiger partial charge on any atom is -0.497 e. The third kappa shape index (κ3) is 5.49. The van der Waals surface area contributed by atoms with Crippen molar-refractivity contribution < 1.29 is 23.8 Å². The molecular weight excluding hydrogens is 488 g/mol. The molecule has 0 bridgehead atoms. The molecule has 0 spiro atoms. The van der Waals surface area contributed by atoms with Gasteiger partial charge in [-0.15, -0.1) is 0 Å². The number of amides is 1. The van der Waals surface area contributed by atoms with Crippen LogP contribution in [0.3, 0.4) is 0 Å². The molecule has 1 aliphatic heterocycles. The molecule has 8 heteroatoms. The average Bonchev–Trinajstić information content (AvgIpc) is 3.50. The Labute approximate surface area is 217 Å². The zero-order valence-corrected chi connectivity index (χ0v) is 20.6. The number of methoxy groups -OCH3 is 1. The maximum atomic E-state index is 13.5. The van der Waals surface area contributed by atoms with Gasteiger partial charge in [0.1, 0.15) is 17.3 Å². The topological polar surface area (TPSA) is 92.3 Å². The molecule has 1 N–H and O–H groups in total. The number of aliphatic imine (C=N–C) groups is 1. The molecule has 0 unspecified atom stereocenters. The largest absolute Gasteiger partial charge is 0.497 e. The van der Waals surface area contributed by atoms with Gasteiger partial charge in [-0.25, -0.2) is 9.79 Å². The lowest BCUT2D eigenvalue weighted by Gasteiger charge is -2.16. The van der Waals surface area contributed by atoms with Gasteiger partial charge in [-0.1, -0.05) is 42.5 Å². The van der Waals surface area contributed by atoms with Gasteiger partial charge in [0.15, 0.2) is 5.17 Å². The summed E-state index contributed by atoms with van der Waals surface area (Å²) in [4.78, 5) is 31.6. The lowest BCUT2D eigenvalue weighted by atomic mass is 10.1. The van der Waals surface area contributed by atoms with E-state index in [4.69, 9.17) is 14.1 Å². The molecule has 0 atom stereocenters. The van der Waals surface area contributed by atoms with Gasteiger partial charge in [-0.2, -0.15) is 0 Å². The lowest BCUT2D eigenvalue weighted by molar-refractivity contribution is -0.122. The summed E-state index contributed by atoms with van der Waals surface area (Å²) in [5.41, 5.74) is 2.50. The van der Waals surface area contributed by atoms with Gasteiger partial charge in [0.2, 0.25) is 0 Å². The average molecular weight is 511 g/mol. The molecule has 1 fully saturated rings. The van der Waals surface area contributed by atoms with Crippen molar-refractivity contribution >= 4 is 40.6 Å². The van der Waals surface area contributed by atoms with Crippen LogP contribution < -0.4 is 4.74 Å². The Hall–Kier alpha value is -4.56. The molecule has 4 aromatic rings. The van der Waals surface area contributed by atoms with Crippen LogP contribution in [0.4, 0.5) is 5.69 Å². The molecule has 37 heavy (non-hydrogen) atoms. The molecule has 1 amide bonds. The van der Waals surface area contributed by atoms with Crippen LogP contribution in [0.5, 0.6) is 5.75 Å². The normalized spacial score (nSPS) is 15.5. The van der Waals surface area contributed by atoms with E-state index in [2.05, 4.69) is 0 Å². The summed E-state index contributed by atoms with van der Waals surface area (Å²) < 4.78 is 11.2. The summed E-state index contributed by atoms with van der Waals surface area (Å²) in [6.07, 6.45) is 1.69. The van der Waals surface area contributed by atoms with Crippen molar-refractivity contribution in [3.8, 4) is 17.1 Å². The first kappa shape index (κ1) is 24.1. The third-order valence-corrected chi connectivity index (χ3v) is 6.67. The monoisotopic (exact) mass is 510 g/mol. The molecular formula is C29H22N2O5S. The maximum Gasteiger partial charge on any atom is 0.335 e. The fourth-order valence-corrected chi connectivity index (χ4v) is 4.76. The molecule has 5 rings (SSSR count). The van der Waals surface area contributed by atoms with E-state index < -0.39 is 5.97 Å². The second kappa shape index (κ2) is 10.6. The Kier molecular flexibility index (Phi) is 6.91. The number of thioether (sulfide) groups is 1.